The SMILES string of the molecule is c1ccc(NCCOCC2CCCO2)cc1. The first-order valence-electron chi connectivity index (χ1n) is 5.93. The van der Waals surface area contributed by atoms with E-state index in [0.717, 1.165) is 38.5 Å². The molecule has 2 rings (SSSR count). The zero-order valence-electron chi connectivity index (χ0n) is 9.52. The fourth-order valence-corrected chi connectivity index (χ4v) is 1.81. The number of hydrogen-bond acceptors (Lipinski definition) is 3. The van der Waals surface area contributed by atoms with E-state index in [1.54, 1.807) is 0 Å². The Morgan fingerprint density at radius 2 is 2.19 bits per heavy atom. The lowest BCUT2D eigenvalue weighted by Gasteiger charge is -2.10. The van der Waals surface area contributed by atoms with Crippen LogP contribution in [-0.4, -0.2) is 32.5 Å². The molecule has 1 aliphatic rings. The smallest absolute Gasteiger partial charge is 0.0809 e. The molecule has 1 N–H and O–H groups in total. The average Bonchev–Trinajstić information content (AvgIpc) is 2.83. The molecule has 0 amide bonds. The van der Waals surface area contributed by atoms with Crippen LogP contribution >= 0.6 is 0 Å². The third-order valence-corrected chi connectivity index (χ3v) is 2.68. The molecule has 3 nitrogen and oxygen atoms in total. The van der Waals surface area contributed by atoms with Gasteiger partial charge in [0.05, 0.1) is 19.3 Å². The Balaban J connectivity index is 1.52. The number of nitrogens with one attached hydrogen (secondary N) is 1. The Labute approximate surface area is 96.8 Å². The van der Waals surface area contributed by atoms with E-state index in [2.05, 4.69) is 17.4 Å². The minimum Gasteiger partial charge on any atom is -0.383 e. The minimum absolute atomic E-state index is 0.330. The molecule has 0 aromatic heterocycles. The van der Waals surface area contributed by atoms with Crippen LogP contribution in [0.1, 0.15) is 12.8 Å². The van der Waals surface area contributed by atoms with Crippen LogP contribution in [-0.2, 0) is 9.47 Å². The Hall–Kier alpha value is -1.06. The molecule has 0 spiro atoms. The topological polar surface area (TPSA) is 30.5 Å². The van der Waals surface area contributed by atoms with E-state index >= 15 is 0 Å². The van der Waals surface area contributed by atoms with Gasteiger partial charge in [-0.05, 0) is 25.0 Å². The molecule has 1 atom stereocenters. The maximum atomic E-state index is 5.55. The average molecular weight is 221 g/mol. The highest BCUT2D eigenvalue weighted by molar-refractivity contribution is 5.42. The normalized spacial score (nSPS) is 19.9. The molecule has 0 saturated carbocycles. The van der Waals surface area contributed by atoms with Gasteiger partial charge in [-0.2, -0.15) is 0 Å². The first-order valence-corrected chi connectivity index (χ1v) is 5.93. The molecule has 1 unspecified atom stereocenters. The first kappa shape index (κ1) is 11.4. The molecule has 1 heterocycles. The second-order valence-corrected chi connectivity index (χ2v) is 4.00. The second-order valence-electron chi connectivity index (χ2n) is 4.00. The summed E-state index contributed by atoms with van der Waals surface area (Å²) in [4.78, 5) is 0. The number of hydrogen-bond donors (Lipinski definition) is 1. The van der Waals surface area contributed by atoms with Gasteiger partial charge < -0.3 is 14.8 Å². The largest absolute Gasteiger partial charge is 0.383 e. The summed E-state index contributed by atoms with van der Waals surface area (Å²) < 4.78 is 11.0. The zero-order valence-corrected chi connectivity index (χ0v) is 9.52. The van der Waals surface area contributed by atoms with Gasteiger partial charge in [-0.3, -0.25) is 0 Å². The van der Waals surface area contributed by atoms with E-state index in [-0.39, 0.29) is 0 Å². The number of benzene rings is 1. The van der Waals surface area contributed by atoms with Gasteiger partial charge in [0.25, 0.3) is 0 Å². The molecule has 1 aromatic rings. The van der Waals surface area contributed by atoms with Crippen LogP contribution in [0.25, 0.3) is 0 Å². The maximum absolute atomic E-state index is 5.55. The van der Waals surface area contributed by atoms with Crippen molar-refractivity contribution in [3.05, 3.63) is 30.3 Å². The molecule has 88 valence electrons. The quantitative estimate of drug-likeness (QED) is 0.748. The molecular formula is C13H19NO2. The summed E-state index contributed by atoms with van der Waals surface area (Å²) in [5.74, 6) is 0. The maximum Gasteiger partial charge on any atom is 0.0809 e. The Morgan fingerprint density at radius 1 is 1.31 bits per heavy atom. The summed E-state index contributed by atoms with van der Waals surface area (Å²) in [5, 5.41) is 3.30. The van der Waals surface area contributed by atoms with Crippen LogP contribution in [0, 0.1) is 0 Å². The molecule has 1 saturated heterocycles. The van der Waals surface area contributed by atoms with Gasteiger partial charge in [0.2, 0.25) is 0 Å². The van der Waals surface area contributed by atoms with Crippen LogP contribution in [0.2, 0.25) is 0 Å². The van der Waals surface area contributed by atoms with Gasteiger partial charge in [0, 0.05) is 18.8 Å². The lowest BCUT2D eigenvalue weighted by Crippen LogP contribution is -2.17. The predicted molar refractivity (Wildman–Crippen MR) is 64.7 cm³/mol. The lowest BCUT2D eigenvalue weighted by atomic mass is 10.2. The van der Waals surface area contributed by atoms with Gasteiger partial charge >= 0.3 is 0 Å². The highest BCUT2D eigenvalue weighted by Crippen LogP contribution is 2.11. The van der Waals surface area contributed by atoms with Crippen molar-refractivity contribution >= 4 is 5.69 Å². The van der Waals surface area contributed by atoms with Crippen molar-refractivity contribution in [1.29, 1.82) is 0 Å². The van der Waals surface area contributed by atoms with Crippen LogP contribution in [0.15, 0.2) is 30.3 Å². The standard InChI is InChI=1S/C13H19NO2/c1-2-5-12(6-3-1)14-8-10-15-11-13-7-4-9-16-13/h1-3,5-6,13-14H,4,7-11H2. The highest BCUT2D eigenvalue weighted by atomic mass is 16.5. The fourth-order valence-electron chi connectivity index (χ4n) is 1.81. The highest BCUT2D eigenvalue weighted by Gasteiger charge is 2.14. The van der Waals surface area contributed by atoms with Crippen molar-refractivity contribution in [3.8, 4) is 0 Å². The molecule has 1 aliphatic heterocycles. The summed E-state index contributed by atoms with van der Waals surface area (Å²) in [5.41, 5.74) is 1.14. The molecular weight excluding hydrogens is 202 g/mol. The summed E-state index contributed by atoms with van der Waals surface area (Å²) in [6, 6.07) is 10.2. The van der Waals surface area contributed by atoms with E-state index < -0.39 is 0 Å². The van der Waals surface area contributed by atoms with Gasteiger partial charge in [0.1, 0.15) is 0 Å². The lowest BCUT2D eigenvalue weighted by molar-refractivity contribution is 0.0206. The van der Waals surface area contributed by atoms with Crippen molar-refractivity contribution in [3.63, 3.8) is 0 Å². The molecule has 0 aliphatic carbocycles. The molecule has 0 radical (unpaired) electrons. The van der Waals surface area contributed by atoms with Crippen molar-refractivity contribution < 1.29 is 9.47 Å². The zero-order chi connectivity index (χ0) is 11.1. The second kappa shape index (κ2) is 6.51. The van der Waals surface area contributed by atoms with E-state index in [9.17, 15) is 0 Å². The number of anilines is 1. The number of rotatable bonds is 6. The van der Waals surface area contributed by atoms with Crippen LogP contribution in [0.3, 0.4) is 0 Å². The number of para-hydroxylation sites is 1. The third kappa shape index (κ3) is 3.83. The van der Waals surface area contributed by atoms with Gasteiger partial charge in [0.15, 0.2) is 0 Å². The molecule has 3 heteroatoms. The minimum atomic E-state index is 0.330. The number of ether oxygens (including phenoxy) is 2. The van der Waals surface area contributed by atoms with Crippen molar-refractivity contribution in [2.24, 2.45) is 0 Å². The summed E-state index contributed by atoms with van der Waals surface area (Å²) in [7, 11) is 0. The predicted octanol–water partition coefficient (Wildman–Crippen LogP) is 2.29. The van der Waals surface area contributed by atoms with Gasteiger partial charge in [-0.1, -0.05) is 18.2 Å². The van der Waals surface area contributed by atoms with E-state index in [0.29, 0.717) is 6.10 Å². The van der Waals surface area contributed by atoms with E-state index in [4.69, 9.17) is 9.47 Å². The summed E-state index contributed by atoms with van der Waals surface area (Å²) >= 11 is 0. The van der Waals surface area contributed by atoms with Crippen molar-refractivity contribution in [1.82, 2.24) is 0 Å². The monoisotopic (exact) mass is 221 g/mol. The fraction of sp³-hybridized carbons (Fsp3) is 0.538. The Bertz CT molecular complexity index is 283. The van der Waals surface area contributed by atoms with E-state index in [1.807, 2.05) is 18.2 Å². The Kier molecular flexibility index (Phi) is 4.65. The first-order chi connectivity index (χ1) is 7.95. The van der Waals surface area contributed by atoms with Crippen molar-refractivity contribution in [2.75, 3.05) is 31.7 Å². The van der Waals surface area contributed by atoms with E-state index in [1.165, 1.54) is 6.42 Å². The van der Waals surface area contributed by atoms with Crippen molar-refractivity contribution in [2.45, 2.75) is 18.9 Å². The summed E-state index contributed by atoms with van der Waals surface area (Å²) in [6.07, 6.45) is 2.65. The molecule has 16 heavy (non-hydrogen) atoms. The Morgan fingerprint density at radius 3 is 2.94 bits per heavy atom. The van der Waals surface area contributed by atoms with Crippen LogP contribution < -0.4 is 5.32 Å². The van der Waals surface area contributed by atoms with Gasteiger partial charge in [-0.25, -0.2) is 0 Å². The molecule has 1 aromatic carbocycles. The third-order valence-electron chi connectivity index (χ3n) is 2.68. The van der Waals surface area contributed by atoms with Crippen LogP contribution in [0.5, 0.6) is 0 Å². The summed E-state index contributed by atoms with van der Waals surface area (Å²) in [6.45, 7) is 3.21. The van der Waals surface area contributed by atoms with Gasteiger partial charge in [-0.15, -0.1) is 0 Å². The molecule has 0 bridgehead atoms. The molecule has 1 fully saturated rings. The van der Waals surface area contributed by atoms with Crippen LogP contribution in [0.4, 0.5) is 5.69 Å².